The van der Waals surface area contributed by atoms with Gasteiger partial charge in [-0.1, -0.05) is 18.2 Å². The molecule has 0 saturated heterocycles. The van der Waals surface area contributed by atoms with Crippen molar-refractivity contribution in [3.63, 3.8) is 0 Å². The van der Waals surface area contributed by atoms with Crippen LogP contribution in [0, 0.1) is 13.8 Å². The van der Waals surface area contributed by atoms with Crippen molar-refractivity contribution in [2.75, 3.05) is 6.61 Å². The third kappa shape index (κ3) is 2.95. The number of alkyl halides is 1. The van der Waals surface area contributed by atoms with Crippen molar-refractivity contribution in [1.29, 1.82) is 0 Å². The maximum atomic E-state index is 13.3. The number of hydrogen-bond donors (Lipinski definition) is 0. The highest BCUT2D eigenvalue weighted by atomic mass is 19.1. The first kappa shape index (κ1) is 12.5. The van der Waals surface area contributed by atoms with Crippen LogP contribution < -0.4 is 4.74 Å². The summed E-state index contributed by atoms with van der Waals surface area (Å²) in [5.41, 5.74) is 1.57. The summed E-state index contributed by atoms with van der Waals surface area (Å²) >= 11 is 0. The molecule has 88 valence electrons. The van der Waals surface area contributed by atoms with Gasteiger partial charge in [-0.3, -0.25) is 0 Å². The van der Waals surface area contributed by atoms with Gasteiger partial charge in [0.25, 0.3) is 0 Å². The molecule has 0 aliphatic rings. The lowest BCUT2D eigenvalue weighted by molar-refractivity contribution is -0.159. The molecule has 0 N–H and O–H groups in total. The van der Waals surface area contributed by atoms with E-state index in [0.29, 0.717) is 5.75 Å². The van der Waals surface area contributed by atoms with Gasteiger partial charge >= 0.3 is 12.3 Å². The number of carbonyl (C=O) groups is 1. The molecule has 1 unspecified atom stereocenters. The van der Waals surface area contributed by atoms with Gasteiger partial charge in [0.1, 0.15) is 5.75 Å². The average molecular weight is 226 g/mol. The van der Waals surface area contributed by atoms with Crippen molar-refractivity contribution in [3.8, 4) is 5.75 Å². The number of esters is 1. The van der Waals surface area contributed by atoms with Crippen molar-refractivity contribution in [2.24, 2.45) is 0 Å². The maximum absolute atomic E-state index is 13.3. The summed E-state index contributed by atoms with van der Waals surface area (Å²) in [6.07, 6.45) is -2.07. The predicted molar refractivity (Wildman–Crippen MR) is 58.1 cm³/mol. The van der Waals surface area contributed by atoms with Crippen LogP contribution in [-0.2, 0) is 9.53 Å². The minimum absolute atomic E-state index is 0.134. The lowest BCUT2D eigenvalue weighted by Gasteiger charge is -2.14. The van der Waals surface area contributed by atoms with Crippen molar-refractivity contribution in [1.82, 2.24) is 0 Å². The molecule has 0 aliphatic heterocycles. The number of ether oxygens (including phenoxy) is 2. The van der Waals surface area contributed by atoms with Gasteiger partial charge in [0.15, 0.2) is 0 Å². The lowest BCUT2D eigenvalue weighted by Crippen LogP contribution is -2.25. The normalized spacial score (nSPS) is 12.0. The lowest BCUT2D eigenvalue weighted by atomic mass is 10.1. The molecule has 1 rings (SSSR count). The van der Waals surface area contributed by atoms with Gasteiger partial charge in [0.2, 0.25) is 0 Å². The van der Waals surface area contributed by atoms with Gasteiger partial charge in [-0.2, -0.15) is 4.39 Å². The number of para-hydroxylation sites is 1. The third-order valence-electron chi connectivity index (χ3n) is 2.10. The van der Waals surface area contributed by atoms with Gasteiger partial charge in [0.05, 0.1) is 6.61 Å². The zero-order valence-electron chi connectivity index (χ0n) is 9.62. The Morgan fingerprint density at radius 2 is 1.94 bits per heavy atom. The van der Waals surface area contributed by atoms with Crippen LogP contribution in [0.3, 0.4) is 0 Å². The first-order valence-corrected chi connectivity index (χ1v) is 5.09. The molecule has 0 amide bonds. The fourth-order valence-electron chi connectivity index (χ4n) is 1.34. The van der Waals surface area contributed by atoms with E-state index in [-0.39, 0.29) is 6.61 Å². The Hall–Kier alpha value is -1.58. The van der Waals surface area contributed by atoms with Crippen LogP contribution in [0.5, 0.6) is 5.75 Å². The highest BCUT2D eigenvalue weighted by Gasteiger charge is 2.21. The topological polar surface area (TPSA) is 35.5 Å². The van der Waals surface area contributed by atoms with E-state index in [0.717, 1.165) is 11.1 Å². The third-order valence-corrected chi connectivity index (χ3v) is 2.10. The minimum Gasteiger partial charge on any atom is -0.461 e. The molecule has 4 heteroatoms. The number of carbonyl (C=O) groups excluding carboxylic acids is 1. The second kappa shape index (κ2) is 5.49. The van der Waals surface area contributed by atoms with Crippen molar-refractivity contribution in [3.05, 3.63) is 29.3 Å². The molecule has 0 saturated carbocycles. The molecule has 16 heavy (non-hydrogen) atoms. The fraction of sp³-hybridized carbons (Fsp3) is 0.417. The molecule has 0 radical (unpaired) electrons. The fourth-order valence-corrected chi connectivity index (χ4v) is 1.34. The van der Waals surface area contributed by atoms with E-state index in [2.05, 4.69) is 4.74 Å². The van der Waals surface area contributed by atoms with E-state index < -0.39 is 12.3 Å². The molecule has 0 aliphatic carbocycles. The molecule has 1 aromatic rings. The zero-order valence-corrected chi connectivity index (χ0v) is 9.62. The molecular formula is C12H15FO3. The van der Waals surface area contributed by atoms with Crippen molar-refractivity contribution in [2.45, 2.75) is 27.1 Å². The summed E-state index contributed by atoms with van der Waals surface area (Å²) in [6, 6.07) is 5.43. The summed E-state index contributed by atoms with van der Waals surface area (Å²) < 4.78 is 22.8. The SMILES string of the molecule is CCOC(=O)C(F)Oc1c(C)cccc1C. The molecule has 3 nitrogen and oxygen atoms in total. The Morgan fingerprint density at radius 1 is 1.38 bits per heavy atom. The quantitative estimate of drug-likeness (QED) is 0.740. The van der Waals surface area contributed by atoms with Gasteiger partial charge < -0.3 is 9.47 Å². The van der Waals surface area contributed by atoms with Crippen molar-refractivity contribution >= 4 is 5.97 Å². The molecule has 1 atom stereocenters. The van der Waals surface area contributed by atoms with Crippen LogP contribution in [0.4, 0.5) is 4.39 Å². The molecule has 1 aromatic carbocycles. The van der Waals surface area contributed by atoms with Crippen LogP contribution in [0.1, 0.15) is 18.1 Å². The second-order valence-corrected chi connectivity index (χ2v) is 3.41. The van der Waals surface area contributed by atoms with Gasteiger partial charge in [-0.05, 0) is 31.9 Å². The predicted octanol–water partition coefficient (Wildman–Crippen LogP) is 2.54. The number of benzene rings is 1. The first-order chi connectivity index (χ1) is 7.56. The standard InChI is InChI=1S/C12H15FO3/c1-4-15-12(14)11(13)16-10-8(2)6-5-7-9(10)3/h5-7,11H,4H2,1-3H3. The molecule has 0 aromatic heterocycles. The van der Waals surface area contributed by atoms with Crippen LogP contribution >= 0.6 is 0 Å². The number of hydrogen-bond acceptors (Lipinski definition) is 3. The minimum atomic E-state index is -2.07. The van der Waals surface area contributed by atoms with Crippen LogP contribution in [-0.4, -0.2) is 18.9 Å². The van der Waals surface area contributed by atoms with E-state index >= 15 is 0 Å². The zero-order chi connectivity index (χ0) is 12.1. The maximum Gasteiger partial charge on any atom is 0.381 e. The number of rotatable bonds is 4. The average Bonchev–Trinajstić information content (AvgIpc) is 2.23. The smallest absolute Gasteiger partial charge is 0.381 e. The molecule has 0 heterocycles. The Labute approximate surface area is 94.2 Å². The van der Waals surface area contributed by atoms with Crippen LogP contribution in [0.15, 0.2) is 18.2 Å². The highest BCUT2D eigenvalue weighted by Crippen LogP contribution is 2.24. The van der Waals surface area contributed by atoms with E-state index in [4.69, 9.17) is 4.74 Å². The summed E-state index contributed by atoms with van der Waals surface area (Å²) in [4.78, 5) is 11.0. The van der Waals surface area contributed by atoms with E-state index in [9.17, 15) is 9.18 Å². The Kier molecular flexibility index (Phi) is 4.28. The molecule has 0 bridgehead atoms. The number of aryl methyl sites for hydroxylation is 2. The Bertz CT molecular complexity index is 356. The summed E-state index contributed by atoms with van der Waals surface area (Å²) in [7, 11) is 0. The Morgan fingerprint density at radius 3 is 2.44 bits per heavy atom. The molecule has 0 fully saturated rings. The highest BCUT2D eigenvalue weighted by molar-refractivity contribution is 5.73. The van der Waals surface area contributed by atoms with E-state index in [1.807, 2.05) is 6.07 Å². The molecular weight excluding hydrogens is 211 g/mol. The second-order valence-electron chi connectivity index (χ2n) is 3.41. The van der Waals surface area contributed by atoms with E-state index in [1.165, 1.54) is 0 Å². The van der Waals surface area contributed by atoms with Crippen molar-refractivity contribution < 1.29 is 18.7 Å². The largest absolute Gasteiger partial charge is 0.461 e. The summed E-state index contributed by atoms with van der Waals surface area (Å²) in [5, 5.41) is 0. The van der Waals surface area contributed by atoms with Crippen LogP contribution in [0.2, 0.25) is 0 Å². The van der Waals surface area contributed by atoms with E-state index in [1.54, 1.807) is 32.9 Å². The van der Waals surface area contributed by atoms with Crippen LogP contribution in [0.25, 0.3) is 0 Å². The summed E-state index contributed by atoms with van der Waals surface area (Å²) in [6.45, 7) is 5.33. The molecule has 0 spiro atoms. The number of halogens is 1. The first-order valence-electron chi connectivity index (χ1n) is 5.09. The monoisotopic (exact) mass is 226 g/mol. The van der Waals surface area contributed by atoms with Gasteiger partial charge in [-0.15, -0.1) is 0 Å². The summed E-state index contributed by atoms with van der Waals surface area (Å²) in [5.74, 6) is -0.604. The van der Waals surface area contributed by atoms with Gasteiger partial charge in [-0.25, -0.2) is 4.79 Å². The Balaban J connectivity index is 2.76. The van der Waals surface area contributed by atoms with Gasteiger partial charge in [0, 0.05) is 0 Å².